The maximum atomic E-state index is 11.2. The smallest absolute Gasteiger partial charge is 0.268 e. The molecule has 1 fully saturated rings. The van der Waals surface area contributed by atoms with Crippen LogP contribution in [0.25, 0.3) is 0 Å². The van der Waals surface area contributed by atoms with Crippen LogP contribution in [0.5, 0.6) is 0 Å². The topological polar surface area (TPSA) is 37.8 Å². The largest absolute Gasteiger partial charge is 0.273 e. The van der Waals surface area contributed by atoms with Crippen molar-refractivity contribution in [3.05, 3.63) is 21.1 Å². The summed E-state index contributed by atoms with van der Waals surface area (Å²) in [6.45, 7) is 2.61. The fraction of sp³-hybridized carbons (Fsp3) is 0.667. The minimum absolute atomic E-state index is 0.0654. The van der Waals surface area contributed by atoms with Crippen LogP contribution in [0.3, 0.4) is 0 Å². The highest BCUT2D eigenvalue weighted by Crippen LogP contribution is 2.28. The summed E-state index contributed by atoms with van der Waals surface area (Å²) in [4.78, 5) is 11.2. The van der Waals surface area contributed by atoms with Crippen LogP contribution < -0.4 is 5.56 Å². The summed E-state index contributed by atoms with van der Waals surface area (Å²) in [6, 6.07) is 0. The fourth-order valence-electron chi connectivity index (χ4n) is 1.61. The molecule has 2 rings (SSSR count). The van der Waals surface area contributed by atoms with Gasteiger partial charge in [-0.3, -0.25) is 14.6 Å². The van der Waals surface area contributed by atoms with Gasteiger partial charge in [-0.2, -0.15) is 0 Å². The van der Waals surface area contributed by atoms with E-state index in [1.165, 1.54) is 19.3 Å². The molecule has 0 bridgehead atoms. The SMILES string of the molecule is Cc1c(Cl)n(CC2CCC2)[nH]c1=O. The summed E-state index contributed by atoms with van der Waals surface area (Å²) in [7, 11) is 0. The second kappa shape index (κ2) is 3.22. The minimum Gasteiger partial charge on any atom is -0.273 e. The van der Waals surface area contributed by atoms with Gasteiger partial charge in [0.25, 0.3) is 5.56 Å². The number of hydrogen-bond donors (Lipinski definition) is 1. The molecule has 1 aromatic heterocycles. The Morgan fingerprint density at radius 2 is 2.31 bits per heavy atom. The molecule has 3 nitrogen and oxygen atoms in total. The van der Waals surface area contributed by atoms with Crippen molar-refractivity contribution < 1.29 is 0 Å². The zero-order valence-corrected chi connectivity index (χ0v) is 8.40. The van der Waals surface area contributed by atoms with Gasteiger partial charge < -0.3 is 0 Å². The first-order valence-corrected chi connectivity index (χ1v) is 5.01. The van der Waals surface area contributed by atoms with Crippen LogP contribution in [0.1, 0.15) is 24.8 Å². The van der Waals surface area contributed by atoms with E-state index in [1.807, 2.05) is 0 Å². The highest BCUT2D eigenvalue weighted by atomic mass is 35.5. The Kier molecular flexibility index (Phi) is 2.20. The van der Waals surface area contributed by atoms with Crippen molar-refractivity contribution in [2.45, 2.75) is 32.7 Å². The lowest BCUT2D eigenvalue weighted by Gasteiger charge is -2.25. The first kappa shape index (κ1) is 8.88. The molecule has 0 saturated heterocycles. The van der Waals surface area contributed by atoms with Crippen LogP contribution in [0, 0.1) is 12.8 Å². The Balaban J connectivity index is 2.19. The van der Waals surface area contributed by atoms with E-state index in [1.54, 1.807) is 11.6 Å². The molecule has 0 aromatic carbocycles. The Labute approximate surface area is 81.7 Å². The molecule has 1 heterocycles. The van der Waals surface area contributed by atoms with Crippen LogP contribution in [-0.2, 0) is 6.54 Å². The second-order valence-electron chi connectivity index (χ2n) is 3.76. The third kappa shape index (κ3) is 1.53. The molecule has 13 heavy (non-hydrogen) atoms. The van der Waals surface area contributed by atoms with Gasteiger partial charge in [0.15, 0.2) is 0 Å². The van der Waals surface area contributed by atoms with Gasteiger partial charge in [-0.05, 0) is 25.7 Å². The Bertz CT molecular complexity index is 362. The maximum absolute atomic E-state index is 11.2. The van der Waals surface area contributed by atoms with E-state index in [4.69, 9.17) is 11.6 Å². The van der Waals surface area contributed by atoms with Gasteiger partial charge in [-0.15, -0.1) is 0 Å². The molecule has 0 atom stereocenters. The molecule has 0 spiro atoms. The van der Waals surface area contributed by atoms with Crippen LogP contribution in [0.2, 0.25) is 5.15 Å². The van der Waals surface area contributed by atoms with E-state index < -0.39 is 0 Å². The molecule has 1 N–H and O–H groups in total. The van der Waals surface area contributed by atoms with Crippen LogP contribution in [0.15, 0.2) is 4.79 Å². The van der Waals surface area contributed by atoms with E-state index in [2.05, 4.69) is 5.10 Å². The predicted octanol–water partition coefficient (Wildman–Crippen LogP) is 1.94. The predicted molar refractivity (Wildman–Crippen MR) is 52.1 cm³/mol. The maximum Gasteiger partial charge on any atom is 0.268 e. The lowest BCUT2D eigenvalue weighted by Crippen LogP contribution is -2.19. The number of halogens is 1. The van der Waals surface area contributed by atoms with Gasteiger partial charge in [0.2, 0.25) is 0 Å². The quantitative estimate of drug-likeness (QED) is 0.779. The number of aromatic amines is 1. The van der Waals surface area contributed by atoms with E-state index in [9.17, 15) is 4.79 Å². The van der Waals surface area contributed by atoms with E-state index in [0.717, 1.165) is 6.54 Å². The summed E-state index contributed by atoms with van der Waals surface area (Å²) < 4.78 is 1.77. The Hall–Kier alpha value is -0.700. The molecule has 0 aliphatic heterocycles. The number of H-pyrrole nitrogens is 1. The number of rotatable bonds is 2. The molecular weight excluding hydrogens is 188 g/mol. The molecule has 1 aliphatic rings. The van der Waals surface area contributed by atoms with Crippen molar-refractivity contribution in [3.63, 3.8) is 0 Å². The van der Waals surface area contributed by atoms with Crippen molar-refractivity contribution >= 4 is 11.6 Å². The van der Waals surface area contributed by atoms with Gasteiger partial charge in [-0.1, -0.05) is 18.0 Å². The summed E-state index contributed by atoms with van der Waals surface area (Å²) in [5, 5.41) is 3.31. The van der Waals surface area contributed by atoms with E-state index >= 15 is 0 Å². The van der Waals surface area contributed by atoms with E-state index in [-0.39, 0.29) is 5.56 Å². The zero-order chi connectivity index (χ0) is 9.42. The summed E-state index contributed by atoms with van der Waals surface area (Å²) in [5.74, 6) is 0.708. The van der Waals surface area contributed by atoms with Crippen LogP contribution >= 0.6 is 11.6 Å². The van der Waals surface area contributed by atoms with Crippen molar-refractivity contribution in [2.75, 3.05) is 0 Å². The first-order valence-electron chi connectivity index (χ1n) is 4.63. The molecule has 0 unspecified atom stereocenters. The van der Waals surface area contributed by atoms with Crippen LogP contribution in [0.4, 0.5) is 0 Å². The van der Waals surface area contributed by atoms with Crippen LogP contribution in [-0.4, -0.2) is 9.78 Å². The average molecular weight is 201 g/mol. The Morgan fingerprint density at radius 3 is 2.69 bits per heavy atom. The number of nitrogens with one attached hydrogen (secondary N) is 1. The second-order valence-corrected chi connectivity index (χ2v) is 4.12. The normalized spacial score (nSPS) is 17.4. The Morgan fingerprint density at radius 1 is 1.62 bits per heavy atom. The van der Waals surface area contributed by atoms with Crippen molar-refractivity contribution in [2.24, 2.45) is 5.92 Å². The highest BCUT2D eigenvalue weighted by molar-refractivity contribution is 6.30. The van der Waals surface area contributed by atoms with Gasteiger partial charge in [0, 0.05) is 6.54 Å². The summed E-state index contributed by atoms with van der Waals surface area (Å²) in [6.07, 6.45) is 3.83. The molecule has 0 radical (unpaired) electrons. The minimum atomic E-state index is -0.0654. The van der Waals surface area contributed by atoms with Gasteiger partial charge in [0.1, 0.15) is 5.15 Å². The van der Waals surface area contributed by atoms with E-state index in [0.29, 0.717) is 16.6 Å². The summed E-state index contributed by atoms with van der Waals surface area (Å²) >= 11 is 5.97. The fourth-order valence-corrected chi connectivity index (χ4v) is 1.81. The molecule has 4 heteroatoms. The van der Waals surface area contributed by atoms with Crippen molar-refractivity contribution in [1.29, 1.82) is 0 Å². The highest BCUT2D eigenvalue weighted by Gasteiger charge is 2.19. The molecule has 0 amide bonds. The molecule has 72 valence electrons. The third-order valence-corrected chi connectivity index (χ3v) is 3.28. The number of nitrogens with zero attached hydrogens (tertiary/aromatic N) is 1. The molecule has 1 saturated carbocycles. The zero-order valence-electron chi connectivity index (χ0n) is 7.64. The third-order valence-electron chi connectivity index (χ3n) is 2.79. The number of hydrogen-bond acceptors (Lipinski definition) is 1. The van der Waals surface area contributed by atoms with Gasteiger partial charge in [-0.25, -0.2) is 0 Å². The van der Waals surface area contributed by atoms with Gasteiger partial charge >= 0.3 is 0 Å². The lowest BCUT2D eigenvalue weighted by atomic mass is 9.85. The number of aromatic nitrogens is 2. The molecular formula is C9H13ClN2O. The average Bonchev–Trinajstić information content (AvgIpc) is 2.26. The molecule has 1 aromatic rings. The monoisotopic (exact) mass is 200 g/mol. The van der Waals surface area contributed by atoms with Crippen molar-refractivity contribution in [1.82, 2.24) is 9.78 Å². The lowest BCUT2D eigenvalue weighted by molar-refractivity contribution is 0.266. The summed E-state index contributed by atoms with van der Waals surface area (Å²) in [5.41, 5.74) is 0.560. The first-order chi connectivity index (χ1) is 6.18. The standard InChI is InChI=1S/C9H13ClN2O/c1-6-8(10)12(11-9(6)13)5-7-3-2-4-7/h7H,2-5H2,1H3,(H,11,13). The van der Waals surface area contributed by atoms with Gasteiger partial charge in [0.05, 0.1) is 5.56 Å². The van der Waals surface area contributed by atoms with Crippen molar-refractivity contribution in [3.8, 4) is 0 Å². The molecule has 1 aliphatic carbocycles.